The lowest BCUT2D eigenvalue weighted by atomic mass is 10.1. The number of nitrogens with zero attached hydrogens (tertiary/aromatic N) is 2. The Kier molecular flexibility index (Phi) is 6.70. The molecule has 1 heterocycles. The predicted octanol–water partition coefficient (Wildman–Crippen LogP) is 3.46. The Morgan fingerprint density at radius 1 is 0.966 bits per heavy atom. The van der Waals surface area contributed by atoms with Crippen molar-refractivity contribution in [1.82, 2.24) is 9.80 Å². The summed E-state index contributed by atoms with van der Waals surface area (Å²) in [6.07, 6.45) is 3.52. The van der Waals surface area contributed by atoms with E-state index in [1.165, 1.54) is 24.0 Å². The van der Waals surface area contributed by atoms with Crippen LogP contribution < -0.4 is 10.1 Å². The van der Waals surface area contributed by atoms with Crippen LogP contribution in [0.2, 0.25) is 5.02 Å². The second-order valence-electron chi connectivity index (χ2n) is 7.81. The molecule has 1 saturated heterocycles. The van der Waals surface area contributed by atoms with Gasteiger partial charge in [-0.05, 0) is 66.8 Å². The van der Waals surface area contributed by atoms with E-state index in [0.717, 1.165) is 50.6 Å². The summed E-state index contributed by atoms with van der Waals surface area (Å²) in [4.78, 5) is 17.0. The molecule has 1 aliphatic heterocycles. The lowest BCUT2D eigenvalue weighted by Gasteiger charge is -2.34. The van der Waals surface area contributed by atoms with E-state index in [2.05, 4.69) is 27.2 Å². The van der Waals surface area contributed by atoms with Gasteiger partial charge in [-0.25, -0.2) is 0 Å². The van der Waals surface area contributed by atoms with Gasteiger partial charge in [0.2, 0.25) is 5.91 Å². The third-order valence-electron chi connectivity index (χ3n) is 5.70. The van der Waals surface area contributed by atoms with Crippen molar-refractivity contribution < 1.29 is 9.53 Å². The molecule has 0 aromatic heterocycles. The highest BCUT2D eigenvalue weighted by Crippen LogP contribution is 2.24. The highest BCUT2D eigenvalue weighted by atomic mass is 35.5. The fourth-order valence-electron chi connectivity index (χ4n) is 4.05. The van der Waals surface area contributed by atoms with Crippen molar-refractivity contribution in [2.45, 2.75) is 19.3 Å². The number of rotatable bonds is 7. The van der Waals surface area contributed by atoms with Crippen molar-refractivity contribution in [3.05, 3.63) is 58.6 Å². The maximum Gasteiger partial charge on any atom is 0.238 e. The number of halogens is 1. The molecule has 2 aromatic carbocycles. The summed E-state index contributed by atoms with van der Waals surface area (Å²) in [5.41, 5.74) is 3.74. The van der Waals surface area contributed by atoms with E-state index in [0.29, 0.717) is 18.2 Å². The number of hydrogen-bond acceptors (Lipinski definition) is 4. The number of aryl methyl sites for hydroxylation is 2. The molecule has 154 valence electrons. The lowest BCUT2D eigenvalue weighted by molar-refractivity contribution is -0.117. The van der Waals surface area contributed by atoms with Gasteiger partial charge in [0.05, 0.1) is 6.54 Å². The van der Waals surface area contributed by atoms with Gasteiger partial charge in [-0.3, -0.25) is 14.6 Å². The summed E-state index contributed by atoms with van der Waals surface area (Å²) in [5, 5.41) is 3.78. The van der Waals surface area contributed by atoms with Crippen molar-refractivity contribution in [2.75, 3.05) is 51.2 Å². The summed E-state index contributed by atoms with van der Waals surface area (Å²) < 4.78 is 5.78. The number of hydrogen-bond donors (Lipinski definition) is 1. The topological polar surface area (TPSA) is 44.8 Å². The molecule has 0 spiro atoms. The normalized spacial score (nSPS) is 17.1. The van der Waals surface area contributed by atoms with Crippen LogP contribution in [0.1, 0.15) is 17.5 Å². The Morgan fingerprint density at radius 2 is 1.69 bits per heavy atom. The minimum absolute atomic E-state index is 0.0717. The average molecular weight is 414 g/mol. The summed E-state index contributed by atoms with van der Waals surface area (Å²) in [7, 11) is 0. The zero-order chi connectivity index (χ0) is 20.1. The SMILES string of the molecule is O=C(CN1CCN(CCOc2ccc(Cl)cc2)CC1)Nc1ccc2c(c1)CCC2. The fraction of sp³-hybridized carbons (Fsp3) is 0.435. The van der Waals surface area contributed by atoms with E-state index in [9.17, 15) is 4.79 Å². The van der Waals surface area contributed by atoms with E-state index in [-0.39, 0.29) is 5.91 Å². The van der Waals surface area contributed by atoms with Crippen LogP contribution in [-0.2, 0) is 17.6 Å². The number of carbonyl (C=O) groups excluding carboxylic acids is 1. The van der Waals surface area contributed by atoms with E-state index < -0.39 is 0 Å². The van der Waals surface area contributed by atoms with Gasteiger partial charge < -0.3 is 10.1 Å². The van der Waals surface area contributed by atoms with E-state index in [4.69, 9.17) is 16.3 Å². The van der Waals surface area contributed by atoms with Crippen LogP contribution in [0.5, 0.6) is 5.75 Å². The molecule has 2 aromatic rings. The summed E-state index contributed by atoms with van der Waals surface area (Å²) in [6, 6.07) is 13.8. The van der Waals surface area contributed by atoms with Crippen LogP contribution in [-0.4, -0.2) is 61.6 Å². The number of fused-ring (bicyclic) bond motifs is 1. The van der Waals surface area contributed by atoms with Crippen LogP contribution in [0.25, 0.3) is 0 Å². The van der Waals surface area contributed by atoms with Gasteiger partial charge in [-0.15, -0.1) is 0 Å². The summed E-state index contributed by atoms with van der Waals surface area (Å²) >= 11 is 5.89. The molecule has 1 N–H and O–H groups in total. The first-order valence-electron chi connectivity index (χ1n) is 10.4. The molecule has 0 saturated carbocycles. The van der Waals surface area contributed by atoms with Gasteiger partial charge in [0.1, 0.15) is 12.4 Å². The third kappa shape index (κ3) is 5.72. The Hall–Kier alpha value is -2.08. The maximum atomic E-state index is 12.4. The molecule has 0 atom stereocenters. The van der Waals surface area contributed by atoms with Gasteiger partial charge in [0.25, 0.3) is 0 Å². The van der Waals surface area contributed by atoms with E-state index >= 15 is 0 Å². The number of carbonyl (C=O) groups is 1. The van der Waals surface area contributed by atoms with Gasteiger partial charge in [-0.2, -0.15) is 0 Å². The van der Waals surface area contributed by atoms with Gasteiger partial charge in [-0.1, -0.05) is 17.7 Å². The highest BCUT2D eigenvalue weighted by molar-refractivity contribution is 6.30. The quantitative estimate of drug-likeness (QED) is 0.755. The Balaban J connectivity index is 1.15. The van der Waals surface area contributed by atoms with Crippen molar-refractivity contribution in [3.8, 4) is 5.75 Å². The molecule has 0 bridgehead atoms. The van der Waals surface area contributed by atoms with Crippen LogP contribution in [0, 0.1) is 0 Å². The standard InChI is InChI=1S/C23H28ClN3O2/c24-20-5-8-22(9-6-20)29-15-14-26-10-12-27(13-11-26)17-23(28)25-21-7-4-18-2-1-3-19(18)16-21/h4-9,16H,1-3,10-15,17H2,(H,25,28). The van der Waals surface area contributed by atoms with Crippen LogP contribution >= 0.6 is 11.6 Å². The first-order chi connectivity index (χ1) is 14.2. The van der Waals surface area contributed by atoms with Crippen LogP contribution in [0.4, 0.5) is 5.69 Å². The molecule has 5 nitrogen and oxygen atoms in total. The van der Waals surface area contributed by atoms with Crippen LogP contribution in [0.15, 0.2) is 42.5 Å². The molecule has 1 fully saturated rings. The Morgan fingerprint density at radius 3 is 2.48 bits per heavy atom. The molecule has 1 aliphatic carbocycles. The molecule has 29 heavy (non-hydrogen) atoms. The summed E-state index contributed by atoms with van der Waals surface area (Å²) in [5.74, 6) is 0.915. The largest absolute Gasteiger partial charge is 0.492 e. The van der Waals surface area contributed by atoms with E-state index in [1.807, 2.05) is 30.3 Å². The van der Waals surface area contributed by atoms with Crippen molar-refractivity contribution in [3.63, 3.8) is 0 Å². The molecular weight excluding hydrogens is 386 g/mol. The number of nitrogens with one attached hydrogen (secondary N) is 1. The number of amides is 1. The Labute approximate surface area is 177 Å². The van der Waals surface area contributed by atoms with Gasteiger partial charge >= 0.3 is 0 Å². The second-order valence-corrected chi connectivity index (χ2v) is 8.24. The minimum atomic E-state index is 0.0717. The smallest absolute Gasteiger partial charge is 0.238 e. The predicted molar refractivity (Wildman–Crippen MR) is 117 cm³/mol. The van der Waals surface area contributed by atoms with Crippen molar-refractivity contribution in [1.29, 1.82) is 0 Å². The molecule has 0 radical (unpaired) electrons. The fourth-order valence-corrected chi connectivity index (χ4v) is 4.17. The molecule has 6 heteroatoms. The first-order valence-corrected chi connectivity index (χ1v) is 10.8. The molecule has 1 amide bonds. The van der Waals surface area contributed by atoms with Crippen molar-refractivity contribution in [2.24, 2.45) is 0 Å². The van der Waals surface area contributed by atoms with E-state index in [1.54, 1.807) is 0 Å². The summed E-state index contributed by atoms with van der Waals surface area (Å²) in [6.45, 7) is 5.70. The average Bonchev–Trinajstić information content (AvgIpc) is 3.19. The molecule has 0 unspecified atom stereocenters. The van der Waals surface area contributed by atoms with Crippen LogP contribution in [0.3, 0.4) is 0 Å². The van der Waals surface area contributed by atoms with Gasteiger partial charge in [0, 0.05) is 43.4 Å². The molecule has 2 aliphatic rings. The maximum absolute atomic E-state index is 12.4. The molecule has 4 rings (SSSR count). The third-order valence-corrected chi connectivity index (χ3v) is 5.96. The molecular formula is C23H28ClN3O2. The van der Waals surface area contributed by atoms with Gasteiger partial charge in [0.15, 0.2) is 0 Å². The number of ether oxygens (including phenoxy) is 1. The zero-order valence-corrected chi connectivity index (χ0v) is 17.5. The Bertz CT molecular complexity index is 833. The number of anilines is 1. The van der Waals surface area contributed by atoms with Crippen molar-refractivity contribution >= 4 is 23.2 Å². The first kappa shape index (κ1) is 20.2. The minimum Gasteiger partial charge on any atom is -0.492 e. The monoisotopic (exact) mass is 413 g/mol. The number of piperazine rings is 1. The highest BCUT2D eigenvalue weighted by Gasteiger charge is 2.19. The second kappa shape index (κ2) is 9.61. The zero-order valence-electron chi connectivity index (χ0n) is 16.7. The lowest BCUT2D eigenvalue weighted by Crippen LogP contribution is -2.49. The number of benzene rings is 2.